The Balaban J connectivity index is 2.12. The standard InChI is InChI=1S/C12H15ClO3/c13-6-12-8-3-1-2-7(4-5-8)9(12)10(14)16-11(12)15/h7-9H,1-6H2/t7-,8+,9?,12-/m0/s1. The zero-order valence-electron chi connectivity index (χ0n) is 9.08. The number of halogens is 1. The number of rotatable bonds is 1. The van der Waals surface area contributed by atoms with E-state index in [9.17, 15) is 9.59 Å². The summed E-state index contributed by atoms with van der Waals surface area (Å²) in [6.45, 7) is 0. The van der Waals surface area contributed by atoms with Crippen LogP contribution in [-0.4, -0.2) is 17.8 Å². The summed E-state index contributed by atoms with van der Waals surface area (Å²) in [4.78, 5) is 23.8. The molecule has 0 amide bonds. The van der Waals surface area contributed by atoms with E-state index in [-0.39, 0.29) is 29.7 Å². The molecule has 0 radical (unpaired) electrons. The molecule has 4 rings (SSSR count). The lowest BCUT2D eigenvalue weighted by atomic mass is 9.59. The topological polar surface area (TPSA) is 43.4 Å². The van der Waals surface area contributed by atoms with Gasteiger partial charge >= 0.3 is 11.9 Å². The highest BCUT2D eigenvalue weighted by atomic mass is 35.5. The highest BCUT2D eigenvalue weighted by Gasteiger charge is 2.65. The summed E-state index contributed by atoms with van der Waals surface area (Å²) in [6.07, 6.45) is 5.25. The normalized spacial score (nSPS) is 46.4. The smallest absolute Gasteiger partial charge is 0.322 e. The van der Waals surface area contributed by atoms with Crippen molar-refractivity contribution in [2.24, 2.45) is 23.2 Å². The highest BCUT2D eigenvalue weighted by Crippen LogP contribution is 2.58. The van der Waals surface area contributed by atoms with Crippen LogP contribution < -0.4 is 0 Å². The van der Waals surface area contributed by atoms with Crippen LogP contribution >= 0.6 is 11.6 Å². The number of ether oxygens (including phenoxy) is 1. The van der Waals surface area contributed by atoms with Crippen LogP contribution in [-0.2, 0) is 14.3 Å². The summed E-state index contributed by atoms with van der Waals surface area (Å²) in [5.41, 5.74) is -0.682. The van der Waals surface area contributed by atoms with Gasteiger partial charge in [-0.25, -0.2) is 0 Å². The van der Waals surface area contributed by atoms with Gasteiger partial charge in [-0.2, -0.15) is 0 Å². The van der Waals surface area contributed by atoms with Gasteiger partial charge in [0, 0.05) is 5.88 Å². The number of alkyl halides is 1. The first-order valence-corrected chi connectivity index (χ1v) is 6.55. The van der Waals surface area contributed by atoms with Gasteiger partial charge in [-0.15, -0.1) is 11.6 Å². The Morgan fingerprint density at radius 2 is 2.06 bits per heavy atom. The fraction of sp³-hybridized carbons (Fsp3) is 0.833. The fourth-order valence-electron chi connectivity index (χ4n) is 4.05. The average molecular weight is 243 g/mol. The van der Waals surface area contributed by atoms with E-state index in [1.807, 2.05) is 0 Å². The van der Waals surface area contributed by atoms with Gasteiger partial charge in [-0.1, -0.05) is 6.42 Å². The van der Waals surface area contributed by atoms with Crippen molar-refractivity contribution in [2.45, 2.75) is 32.1 Å². The van der Waals surface area contributed by atoms with Crippen LogP contribution in [0.25, 0.3) is 0 Å². The third-order valence-electron chi connectivity index (χ3n) is 4.82. The maximum absolute atomic E-state index is 12.0. The minimum atomic E-state index is -0.682. The lowest BCUT2D eigenvalue weighted by Gasteiger charge is -2.41. The molecule has 0 spiro atoms. The second-order valence-electron chi connectivity index (χ2n) is 5.33. The molecule has 3 saturated carbocycles. The lowest BCUT2D eigenvalue weighted by Crippen LogP contribution is -2.47. The predicted octanol–water partition coefficient (Wildman–Crippen LogP) is 2.12. The van der Waals surface area contributed by atoms with Crippen LogP contribution in [0.15, 0.2) is 0 Å². The maximum Gasteiger partial charge on any atom is 0.322 e. The maximum atomic E-state index is 12.0. The number of carbonyl (C=O) groups is 2. The summed E-state index contributed by atoms with van der Waals surface area (Å²) in [6, 6.07) is 0. The van der Waals surface area contributed by atoms with E-state index >= 15 is 0 Å². The van der Waals surface area contributed by atoms with Gasteiger partial charge < -0.3 is 4.74 Å². The monoisotopic (exact) mass is 242 g/mol. The van der Waals surface area contributed by atoms with Crippen molar-refractivity contribution in [3.63, 3.8) is 0 Å². The molecule has 1 unspecified atom stereocenters. The predicted molar refractivity (Wildman–Crippen MR) is 57.8 cm³/mol. The second-order valence-corrected chi connectivity index (χ2v) is 5.59. The number of esters is 2. The largest absolute Gasteiger partial charge is 0.392 e. The van der Waals surface area contributed by atoms with Crippen molar-refractivity contribution in [1.82, 2.24) is 0 Å². The van der Waals surface area contributed by atoms with E-state index in [1.165, 1.54) is 0 Å². The van der Waals surface area contributed by atoms with Crippen molar-refractivity contribution >= 4 is 23.5 Å². The zero-order valence-corrected chi connectivity index (χ0v) is 9.83. The minimum absolute atomic E-state index is 0.239. The fourth-order valence-corrected chi connectivity index (χ4v) is 4.54. The van der Waals surface area contributed by atoms with Gasteiger partial charge in [0.15, 0.2) is 0 Å². The molecule has 0 N–H and O–H groups in total. The molecule has 4 fully saturated rings. The molecule has 1 saturated heterocycles. The number of hydrogen-bond acceptors (Lipinski definition) is 3. The molecular weight excluding hydrogens is 228 g/mol. The van der Waals surface area contributed by atoms with Crippen molar-refractivity contribution in [3.8, 4) is 0 Å². The Hall–Kier alpha value is -0.570. The first kappa shape index (κ1) is 10.6. The van der Waals surface area contributed by atoms with E-state index in [1.54, 1.807) is 0 Å². The van der Waals surface area contributed by atoms with Gasteiger partial charge in [-0.05, 0) is 37.5 Å². The van der Waals surface area contributed by atoms with Crippen LogP contribution in [0.1, 0.15) is 32.1 Å². The summed E-state index contributed by atoms with van der Waals surface area (Å²) in [7, 11) is 0. The Bertz CT molecular complexity index is 350. The Morgan fingerprint density at radius 3 is 2.81 bits per heavy atom. The number of hydrogen-bond donors (Lipinski definition) is 0. The summed E-state index contributed by atoms with van der Waals surface area (Å²) < 4.78 is 4.88. The molecule has 0 aromatic carbocycles. The average Bonchev–Trinajstić information content (AvgIpc) is 2.51. The van der Waals surface area contributed by atoms with Crippen molar-refractivity contribution in [3.05, 3.63) is 0 Å². The molecule has 2 bridgehead atoms. The van der Waals surface area contributed by atoms with Crippen molar-refractivity contribution in [2.75, 3.05) is 5.88 Å². The molecule has 1 aliphatic heterocycles. The van der Waals surface area contributed by atoms with E-state index < -0.39 is 5.41 Å². The Kier molecular flexibility index (Phi) is 2.29. The molecule has 88 valence electrons. The third kappa shape index (κ3) is 1.10. The van der Waals surface area contributed by atoms with E-state index in [0.717, 1.165) is 32.1 Å². The second kappa shape index (κ2) is 3.46. The van der Waals surface area contributed by atoms with Crippen LogP contribution in [0.5, 0.6) is 0 Å². The van der Waals surface area contributed by atoms with Gasteiger partial charge in [-0.3, -0.25) is 9.59 Å². The molecule has 4 atom stereocenters. The van der Waals surface area contributed by atoms with Gasteiger partial charge in [0.1, 0.15) is 0 Å². The summed E-state index contributed by atoms with van der Waals surface area (Å²) >= 11 is 6.05. The lowest BCUT2D eigenvalue weighted by molar-refractivity contribution is -0.156. The number of cyclic esters (lactones) is 2. The molecule has 1 heterocycles. The van der Waals surface area contributed by atoms with E-state index in [4.69, 9.17) is 16.3 Å². The van der Waals surface area contributed by atoms with Crippen LogP contribution in [0.3, 0.4) is 0 Å². The Labute approximate surface area is 99.5 Å². The van der Waals surface area contributed by atoms with Crippen LogP contribution in [0.2, 0.25) is 0 Å². The zero-order chi connectivity index (χ0) is 11.3. The van der Waals surface area contributed by atoms with Gasteiger partial charge in [0.25, 0.3) is 0 Å². The van der Waals surface area contributed by atoms with E-state index in [2.05, 4.69) is 0 Å². The van der Waals surface area contributed by atoms with Crippen LogP contribution in [0.4, 0.5) is 0 Å². The summed E-state index contributed by atoms with van der Waals surface area (Å²) in [5.74, 6) is -0.108. The van der Waals surface area contributed by atoms with Crippen molar-refractivity contribution in [1.29, 1.82) is 0 Å². The molecular formula is C12H15ClO3. The molecule has 4 aliphatic rings. The molecule has 3 nitrogen and oxygen atoms in total. The molecule has 4 heteroatoms. The first-order valence-electron chi connectivity index (χ1n) is 6.02. The highest BCUT2D eigenvalue weighted by molar-refractivity contribution is 6.21. The van der Waals surface area contributed by atoms with Gasteiger partial charge in [0.2, 0.25) is 0 Å². The van der Waals surface area contributed by atoms with Crippen molar-refractivity contribution < 1.29 is 14.3 Å². The number of fused-ring (bicyclic) bond motifs is 3. The van der Waals surface area contributed by atoms with Crippen LogP contribution in [0, 0.1) is 23.2 Å². The molecule has 16 heavy (non-hydrogen) atoms. The van der Waals surface area contributed by atoms with E-state index in [0.29, 0.717) is 5.92 Å². The molecule has 0 aromatic heterocycles. The Morgan fingerprint density at radius 1 is 1.25 bits per heavy atom. The quantitative estimate of drug-likeness (QED) is 0.402. The molecule has 0 aromatic rings. The summed E-state index contributed by atoms with van der Waals surface area (Å²) in [5, 5.41) is 0. The minimum Gasteiger partial charge on any atom is -0.392 e. The SMILES string of the molecule is O=C1OC(=O)[C@]2(CCl)C1[C@H]1CCC[C@@H]2CC1. The number of carbonyl (C=O) groups excluding carboxylic acids is 2. The third-order valence-corrected chi connectivity index (χ3v) is 5.26. The first-order chi connectivity index (χ1) is 7.70. The van der Waals surface area contributed by atoms with Gasteiger partial charge in [0.05, 0.1) is 11.3 Å². The molecule has 3 aliphatic carbocycles.